The van der Waals surface area contributed by atoms with E-state index < -0.39 is 5.60 Å². The van der Waals surface area contributed by atoms with Crippen LogP contribution < -0.4 is 11.3 Å². The van der Waals surface area contributed by atoms with Crippen molar-refractivity contribution in [3.05, 3.63) is 21.7 Å². The van der Waals surface area contributed by atoms with Crippen LogP contribution in [0.15, 0.2) is 4.79 Å². The summed E-state index contributed by atoms with van der Waals surface area (Å²) in [5, 5.41) is 0. The molecule has 5 nitrogen and oxygen atoms in total. The first-order valence-electron chi connectivity index (χ1n) is 5.57. The minimum absolute atomic E-state index is 0.145. The molecule has 0 bridgehead atoms. The lowest BCUT2D eigenvalue weighted by Crippen LogP contribution is -2.40. The molecule has 1 aliphatic carbocycles. The quantitative estimate of drug-likeness (QED) is 0.799. The number of H-pyrrole nitrogens is 1. The number of hydrogen-bond donors (Lipinski definition) is 2. The maximum absolute atomic E-state index is 11.8. The van der Waals surface area contributed by atoms with Gasteiger partial charge in [0.05, 0.1) is 5.56 Å². The van der Waals surface area contributed by atoms with Crippen molar-refractivity contribution < 1.29 is 4.74 Å². The van der Waals surface area contributed by atoms with E-state index in [2.05, 4.69) is 9.97 Å². The van der Waals surface area contributed by atoms with E-state index in [-0.39, 0.29) is 5.56 Å². The molecule has 16 heavy (non-hydrogen) atoms. The minimum Gasteiger partial charge on any atom is -0.383 e. The number of anilines is 1. The standard InChI is InChI=1S/C11H17N3O2/c1-3-7-8(12)13-10(14-9(7)15)11(16-2)5-4-6-11/h3-6H2,1-2H3,(H3,12,13,14,15). The van der Waals surface area contributed by atoms with Gasteiger partial charge in [-0.15, -0.1) is 0 Å². The van der Waals surface area contributed by atoms with Crippen LogP contribution in [-0.4, -0.2) is 17.1 Å². The van der Waals surface area contributed by atoms with Crippen molar-refractivity contribution in [2.75, 3.05) is 12.8 Å². The van der Waals surface area contributed by atoms with Gasteiger partial charge in [0.15, 0.2) is 0 Å². The van der Waals surface area contributed by atoms with Gasteiger partial charge in [-0.25, -0.2) is 4.98 Å². The molecule has 1 aliphatic rings. The van der Waals surface area contributed by atoms with E-state index in [9.17, 15) is 4.79 Å². The fraction of sp³-hybridized carbons (Fsp3) is 0.636. The van der Waals surface area contributed by atoms with Gasteiger partial charge in [0, 0.05) is 7.11 Å². The third-order valence-corrected chi connectivity index (χ3v) is 3.38. The topological polar surface area (TPSA) is 81.0 Å². The van der Waals surface area contributed by atoms with E-state index in [0.29, 0.717) is 23.6 Å². The normalized spacial score (nSPS) is 18.1. The lowest BCUT2D eigenvalue weighted by molar-refractivity contribution is -0.0847. The van der Waals surface area contributed by atoms with Crippen LogP contribution in [0.2, 0.25) is 0 Å². The second-order valence-electron chi connectivity index (χ2n) is 4.18. The summed E-state index contributed by atoms with van der Waals surface area (Å²) in [6.07, 6.45) is 3.45. The molecule has 0 aromatic carbocycles. The molecule has 1 fully saturated rings. The first-order chi connectivity index (χ1) is 7.63. The number of aromatic nitrogens is 2. The number of hydrogen-bond acceptors (Lipinski definition) is 4. The number of nitrogen functional groups attached to an aromatic ring is 1. The Morgan fingerprint density at radius 2 is 2.25 bits per heavy atom. The van der Waals surface area contributed by atoms with Gasteiger partial charge in [-0.3, -0.25) is 4.79 Å². The van der Waals surface area contributed by atoms with Crippen molar-refractivity contribution in [2.45, 2.75) is 38.2 Å². The highest BCUT2D eigenvalue weighted by Gasteiger charge is 2.41. The largest absolute Gasteiger partial charge is 0.383 e. The third kappa shape index (κ3) is 1.51. The van der Waals surface area contributed by atoms with Crippen LogP contribution >= 0.6 is 0 Å². The van der Waals surface area contributed by atoms with Crippen molar-refractivity contribution in [2.24, 2.45) is 0 Å². The van der Waals surface area contributed by atoms with Gasteiger partial charge in [-0.05, 0) is 25.7 Å². The Balaban J connectivity index is 2.48. The molecule has 0 spiro atoms. The molecular weight excluding hydrogens is 206 g/mol. The molecule has 88 valence electrons. The molecule has 3 N–H and O–H groups in total. The first-order valence-corrected chi connectivity index (χ1v) is 5.57. The monoisotopic (exact) mass is 223 g/mol. The summed E-state index contributed by atoms with van der Waals surface area (Å²) in [6, 6.07) is 0. The molecule has 0 radical (unpaired) electrons. The molecule has 0 aliphatic heterocycles. The fourth-order valence-corrected chi connectivity index (χ4v) is 2.11. The summed E-state index contributed by atoms with van der Waals surface area (Å²) in [7, 11) is 1.64. The summed E-state index contributed by atoms with van der Waals surface area (Å²) in [5.41, 5.74) is 5.76. The summed E-state index contributed by atoms with van der Waals surface area (Å²) in [6.45, 7) is 1.89. The van der Waals surface area contributed by atoms with Gasteiger partial charge in [0.2, 0.25) is 0 Å². The summed E-state index contributed by atoms with van der Waals surface area (Å²) in [5.74, 6) is 0.894. The molecular formula is C11H17N3O2. The predicted molar refractivity (Wildman–Crippen MR) is 61.2 cm³/mol. The third-order valence-electron chi connectivity index (χ3n) is 3.38. The van der Waals surface area contributed by atoms with Gasteiger partial charge < -0.3 is 15.5 Å². The van der Waals surface area contributed by atoms with Crippen molar-refractivity contribution >= 4 is 5.82 Å². The highest BCUT2D eigenvalue weighted by Crippen LogP contribution is 2.42. The Hall–Kier alpha value is -1.36. The van der Waals surface area contributed by atoms with Crippen LogP contribution in [0, 0.1) is 0 Å². The van der Waals surface area contributed by atoms with Crippen molar-refractivity contribution in [3.63, 3.8) is 0 Å². The van der Waals surface area contributed by atoms with E-state index in [4.69, 9.17) is 10.5 Å². The maximum atomic E-state index is 11.8. The van der Waals surface area contributed by atoms with Crippen LogP contribution in [0.5, 0.6) is 0 Å². The molecule has 0 atom stereocenters. The molecule has 5 heteroatoms. The lowest BCUT2D eigenvalue weighted by atomic mass is 9.79. The number of rotatable bonds is 3. The smallest absolute Gasteiger partial charge is 0.256 e. The number of aromatic amines is 1. The molecule has 1 aromatic heterocycles. The van der Waals surface area contributed by atoms with Gasteiger partial charge in [-0.1, -0.05) is 6.92 Å². The lowest BCUT2D eigenvalue weighted by Gasteiger charge is -2.39. The van der Waals surface area contributed by atoms with Crippen LogP contribution in [0.25, 0.3) is 0 Å². The molecule has 1 saturated carbocycles. The Labute approximate surface area is 94.0 Å². The number of methoxy groups -OCH3 is 1. The van der Waals surface area contributed by atoms with Crippen molar-refractivity contribution in [1.82, 2.24) is 9.97 Å². The van der Waals surface area contributed by atoms with Crippen LogP contribution in [-0.2, 0) is 16.8 Å². The SMILES string of the molecule is CCc1c(N)nc(C2(OC)CCC2)[nH]c1=O. The number of nitrogens with two attached hydrogens (primary N) is 1. The fourth-order valence-electron chi connectivity index (χ4n) is 2.11. The zero-order chi connectivity index (χ0) is 11.8. The Morgan fingerprint density at radius 1 is 1.56 bits per heavy atom. The Kier molecular flexibility index (Phi) is 2.71. The molecule has 0 unspecified atom stereocenters. The molecule has 1 aromatic rings. The van der Waals surface area contributed by atoms with Crippen molar-refractivity contribution in [1.29, 1.82) is 0 Å². The average molecular weight is 223 g/mol. The Bertz CT molecular complexity index is 444. The van der Waals surface area contributed by atoms with Crippen LogP contribution in [0.3, 0.4) is 0 Å². The second kappa shape index (κ2) is 3.90. The van der Waals surface area contributed by atoms with E-state index >= 15 is 0 Å². The first kappa shape index (κ1) is 11.1. The summed E-state index contributed by atoms with van der Waals surface area (Å²) >= 11 is 0. The highest BCUT2D eigenvalue weighted by atomic mass is 16.5. The Morgan fingerprint density at radius 3 is 2.62 bits per heavy atom. The van der Waals surface area contributed by atoms with E-state index in [0.717, 1.165) is 19.3 Å². The number of nitrogens with zero attached hydrogens (tertiary/aromatic N) is 1. The van der Waals surface area contributed by atoms with Gasteiger partial charge >= 0.3 is 0 Å². The van der Waals surface area contributed by atoms with Gasteiger partial charge in [-0.2, -0.15) is 0 Å². The van der Waals surface area contributed by atoms with Gasteiger partial charge in [0.1, 0.15) is 17.2 Å². The van der Waals surface area contributed by atoms with E-state index in [1.54, 1.807) is 7.11 Å². The van der Waals surface area contributed by atoms with Crippen molar-refractivity contribution in [3.8, 4) is 0 Å². The molecule has 2 rings (SSSR count). The van der Waals surface area contributed by atoms with E-state index in [1.165, 1.54) is 0 Å². The minimum atomic E-state index is -0.417. The van der Waals surface area contributed by atoms with Gasteiger partial charge in [0.25, 0.3) is 5.56 Å². The number of nitrogens with one attached hydrogen (secondary N) is 1. The maximum Gasteiger partial charge on any atom is 0.256 e. The van der Waals surface area contributed by atoms with Crippen LogP contribution in [0.1, 0.15) is 37.6 Å². The van der Waals surface area contributed by atoms with Crippen LogP contribution in [0.4, 0.5) is 5.82 Å². The predicted octanol–water partition coefficient (Wildman–Crippen LogP) is 0.940. The zero-order valence-electron chi connectivity index (χ0n) is 9.67. The number of ether oxygens (including phenoxy) is 1. The molecule has 1 heterocycles. The molecule has 0 amide bonds. The highest BCUT2D eigenvalue weighted by molar-refractivity contribution is 5.38. The summed E-state index contributed by atoms with van der Waals surface area (Å²) in [4.78, 5) is 18.8. The second-order valence-corrected chi connectivity index (χ2v) is 4.18. The van der Waals surface area contributed by atoms with E-state index in [1.807, 2.05) is 6.92 Å². The molecule has 0 saturated heterocycles. The summed E-state index contributed by atoms with van der Waals surface area (Å²) < 4.78 is 5.46. The average Bonchev–Trinajstić information content (AvgIpc) is 2.16. The zero-order valence-corrected chi connectivity index (χ0v) is 9.67.